The van der Waals surface area contributed by atoms with Gasteiger partial charge in [-0.25, -0.2) is 0 Å². The monoisotopic (exact) mass is 315 g/mol. The number of nitrogens with zero attached hydrogens (tertiary/aromatic N) is 1. The molecule has 0 saturated carbocycles. The van der Waals surface area contributed by atoms with E-state index in [2.05, 4.69) is 24.1 Å². The van der Waals surface area contributed by atoms with E-state index in [1.54, 1.807) is 0 Å². The zero-order valence-corrected chi connectivity index (χ0v) is 14.6. The van der Waals surface area contributed by atoms with E-state index in [1.165, 1.54) is 0 Å². The van der Waals surface area contributed by atoms with Crippen molar-refractivity contribution in [3.63, 3.8) is 0 Å². The molecule has 0 bridgehead atoms. The molecule has 0 spiro atoms. The third kappa shape index (κ3) is 11.5. The van der Waals surface area contributed by atoms with Gasteiger partial charge in [-0.05, 0) is 33.4 Å². The number of hydrogen-bond donors (Lipinski definition) is 2. The van der Waals surface area contributed by atoms with Gasteiger partial charge in [-0.1, -0.05) is 20.8 Å². The highest BCUT2D eigenvalue weighted by Gasteiger charge is 2.21. The molecule has 0 heterocycles. The van der Waals surface area contributed by atoms with Gasteiger partial charge in [0.15, 0.2) is 0 Å². The van der Waals surface area contributed by atoms with Gasteiger partial charge in [0, 0.05) is 24.5 Å². The number of amides is 1. The number of rotatable bonds is 7. The van der Waals surface area contributed by atoms with Crippen LogP contribution in [0.5, 0.6) is 0 Å². The van der Waals surface area contributed by atoms with Crippen molar-refractivity contribution in [3.05, 3.63) is 0 Å². The molecular weight excluding hydrogens is 285 g/mol. The Hall–Kier alpha value is -0.0300. The summed E-state index contributed by atoms with van der Waals surface area (Å²) in [7, 11) is 4.04. The molecule has 0 aliphatic rings. The van der Waals surface area contributed by atoms with Crippen LogP contribution in [0.3, 0.4) is 0 Å². The minimum absolute atomic E-state index is 0. The van der Waals surface area contributed by atoms with E-state index >= 15 is 0 Å². The van der Waals surface area contributed by atoms with E-state index < -0.39 is 0 Å². The van der Waals surface area contributed by atoms with Crippen molar-refractivity contribution in [2.75, 3.05) is 20.6 Å². The number of carbonyl (C=O) groups excluding carboxylic acids is 1. The summed E-state index contributed by atoms with van der Waals surface area (Å²) in [4.78, 5) is 14.0. The summed E-state index contributed by atoms with van der Waals surface area (Å²) >= 11 is 0. The first-order valence-electron chi connectivity index (χ1n) is 6.44. The molecule has 4 nitrogen and oxygen atoms in total. The van der Waals surface area contributed by atoms with Crippen LogP contribution in [0.25, 0.3) is 0 Å². The van der Waals surface area contributed by atoms with Crippen LogP contribution in [0.4, 0.5) is 0 Å². The van der Waals surface area contributed by atoms with Crippen LogP contribution < -0.4 is 11.1 Å². The first kappa shape index (κ1) is 24.0. The second-order valence-corrected chi connectivity index (χ2v) is 5.75. The van der Waals surface area contributed by atoms with Crippen LogP contribution in [0, 0.1) is 11.8 Å². The lowest BCUT2D eigenvalue weighted by atomic mass is 10.00. The standard InChI is InChI=1S/C13H29N3O.2ClH/c1-9(2)7-12(8-16(5)6)15-13(17)10(3)11(4)14;;/h9-12H,7-8,14H2,1-6H3,(H,15,17);2*1H. The lowest BCUT2D eigenvalue weighted by molar-refractivity contribution is -0.125. The Balaban J connectivity index is -0.00000128. The smallest absolute Gasteiger partial charge is 0.224 e. The normalized spacial score (nSPS) is 15.2. The van der Waals surface area contributed by atoms with E-state index in [0.717, 1.165) is 13.0 Å². The third-order valence-corrected chi connectivity index (χ3v) is 2.89. The topological polar surface area (TPSA) is 58.4 Å². The van der Waals surface area contributed by atoms with Gasteiger partial charge in [-0.15, -0.1) is 24.8 Å². The molecule has 3 N–H and O–H groups in total. The Labute approximate surface area is 130 Å². The van der Waals surface area contributed by atoms with Gasteiger partial charge in [0.2, 0.25) is 5.91 Å². The molecule has 0 aliphatic carbocycles. The summed E-state index contributed by atoms with van der Waals surface area (Å²) < 4.78 is 0. The van der Waals surface area contributed by atoms with E-state index in [4.69, 9.17) is 5.73 Å². The van der Waals surface area contributed by atoms with Crippen LogP contribution in [0.1, 0.15) is 34.1 Å². The third-order valence-electron chi connectivity index (χ3n) is 2.89. The molecule has 0 radical (unpaired) electrons. The first-order chi connectivity index (χ1) is 7.73. The van der Waals surface area contributed by atoms with Crippen molar-refractivity contribution < 1.29 is 4.79 Å². The maximum atomic E-state index is 11.9. The van der Waals surface area contributed by atoms with Crippen molar-refractivity contribution in [1.82, 2.24) is 10.2 Å². The Kier molecular flexibility index (Phi) is 14.9. The van der Waals surface area contributed by atoms with E-state index in [1.807, 2.05) is 27.9 Å². The van der Waals surface area contributed by atoms with Gasteiger partial charge < -0.3 is 16.0 Å². The molecule has 19 heavy (non-hydrogen) atoms. The van der Waals surface area contributed by atoms with Crippen molar-refractivity contribution in [2.24, 2.45) is 17.6 Å². The van der Waals surface area contributed by atoms with Gasteiger partial charge in [0.1, 0.15) is 0 Å². The van der Waals surface area contributed by atoms with Crippen molar-refractivity contribution in [3.8, 4) is 0 Å². The Morgan fingerprint density at radius 3 is 1.95 bits per heavy atom. The highest BCUT2D eigenvalue weighted by molar-refractivity contribution is 5.85. The fraction of sp³-hybridized carbons (Fsp3) is 0.923. The zero-order chi connectivity index (χ0) is 13.6. The Bertz CT molecular complexity index is 226. The van der Waals surface area contributed by atoms with Crippen molar-refractivity contribution in [2.45, 2.75) is 46.2 Å². The Morgan fingerprint density at radius 1 is 1.16 bits per heavy atom. The second-order valence-electron chi connectivity index (χ2n) is 5.75. The first-order valence-corrected chi connectivity index (χ1v) is 6.44. The zero-order valence-electron chi connectivity index (χ0n) is 13.0. The van der Waals surface area contributed by atoms with E-state index in [-0.39, 0.29) is 48.7 Å². The Morgan fingerprint density at radius 2 is 1.63 bits per heavy atom. The molecule has 6 heteroatoms. The number of carbonyl (C=O) groups is 1. The maximum absolute atomic E-state index is 11.9. The van der Waals surface area contributed by atoms with Gasteiger partial charge in [0.25, 0.3) is 0 Å². The minimum Gasteiger partial charge on any atom is -0.352 e. The highest BCUT2D eigenvalue weighted by Crippen LogP contribution is 2.08. The lowest BCUT2D eigenvalue weighted by Crippen LogP contribution is -2.47. The van der Waals surface area contributed by atoms with Crippen LogP contribution in [0.15, 0.2) is 0 Å². The molecule has 118 valence electrons. The van der Waals surface area contributed by atoms with Gasteiger partial charge >= 0.3 is 0 Å². The molecule has 0 aliphatic heterocycles. The van der Waals surface area contributed by atoms with Crippen LogP contribution in [-0.4, -0.2) is 43.5 Å². The van der Waals surface area contributed by atoms with E-state index in [0.29, 0.717) is 5.92 Å². The van der Waals surface area contributed by atoms with E-state index in [9.17, 15) is 4.79 Å². The largest absolute Gasteiger partial charge is 0.352 e. The summed E-state index contributed by atoms with van der Waals surface area (Å²) in [5.74, 6) is 0.505. The summed E-state index contributed by atoms with van der Waals surface area (Å²) in [6.07, 6.45) is 0.996. The molecule has 0 fully saturated rings. The molecule has 3 atom stereocenters. The number of likely N-dealkylation sites (N-methyl/N-ethyl adjacent to an activating group) is 1. The fourth-order valence-electron chi connectivity index (χ4n) is 1.76. The average Bonchev–Trinajstić information content (AvgIpc) is 2.13. The maximum Gasteiger partial charge on any atom is 0.224 e. The van der Waals surface area contributed by atoms with Gasteiger partial charge in [-0.3, -0.25) is 4.79 Å². The summed E-state index contributed by atoms with van der Waals surface area (Å²) in [6.45, 7) is 8.96. The number of nitrogens with two attached hydrogens (primary N) is 1. The molecule has 0 saturated heterocycles. The molecular formula is C13H31Cl2N3O. The number of nitrogens with one attached hydrogen (secondary N) is 1. The average molecular weight is 316 g/mol. The summed E-state index contributed by atoms with van der Waals surface area (Å²) in [6, 6.07) is 0.104. The molecule has 3 unspecified atom stereocenters. The SMILES string of the molecule is CC(C)CC(CN(C)C)NC(=O)C(C)C(C)N.Cl.Cl. The molecule has 0 rings (SSSR count). The summed E-state index contributed by atoms with van der Waals surface area (Å²) in [5.41, 5.74) is 5.74. The lowest BCUT2D eigenvalue weighted by Gasteiger charge is -2.26. The fourth-order valence-corrected chi connectivity index (χ4v) is 1.76. The van der Waals surface area contributed by atoms with Gasteiger partial charge in [0.05, 0.1) is 0 Å². The molecule has 0 aromatic heterocycles. The molecule has 1 amide bonds. The number of hydrogen-bond acceptors (Lipinski definition) is 3. The predicted octanol–water partition coefficient (Wildman–Crippen LogP) is 1.91. The molecule has 0 aromatic carbocycles. The quantitative estimate of drug-likeness (QED) is 0.754. The van der Waals surface area contributed by atoms with Crippen LogP contribution in [-0.2, 0) is 4.79 Å². The predicted molar refractivity (Wildman–Crippen MR) is 87.2 cm³/mol. The van der Waals surface area contributed by atoms with Crippen molar-refractivity contribution in [1.29, 1.82) is 0 Å². The minimum atomic E-state index is -0.133. The van der Waals surface area contributed by atoms with Crippen LogP contribution >= 0.6 is 24.8 Å². The second kappa shape index (κ2) is 11.8. The van der Waals surface area contributed by atoms with Crippen molar-refractivity contribution >= 4 is 30.7 Å². The number of halogens is 2. The van der Waals surface area contributed by atoms with Crippen LogP contribution in [0.2, 0.25) is 0 Å². The summed E-state index contributed by atoms with van der Waals surface area (Å²) in [5, 5.41) is 3.10. The highest BCUT2D eigenvalue weighted by atomic mass is 35.5. The van der Waals surface area contributed by atoms with Gasteiger partial charge in [-0.2, -0.15) is 0 Å². The molecule has 0 aromatic rings.